The molecule has 2 saturated heterocycles. The van der Waals surface area contributed by atoms with E-state index in [-0.39, 0.29) is 5.91 Å². The molecule has 0 saturated carbocycles. The third-order valence-corrected chi connectivity index (χ3v) is 8.54. The molecule has 2 aliphatic heterocycles. The van der Waals surface area contributed by atoms with Crippen LogP contribution < -0.4 is 10.2 Å². The number of ether oxygens (including phenoxy) is 1. The lowest BCUT2D eigenvalue weighted by molar-refractivity contribution is 0.102. The van der Waals surface area contributed by atoms with E-state index in [1.165, 1.54) is 5.56 Å². The predicted molar refractivity (Wildman–Crippen MR) is 172 cm³/mol. The number of imidazole rings is 1. The van der Waals surface area contributed by atoms with Crippen LogP contribution in [0.5, 0.6) is 0 Å². The van der Waals surface area contributed by atoms with E-state index in [2.05, 4.69) is 56.3 Å². The highest BCUT2D eigenvalue weighted by Crippen LogP contribution is 2.33. The van der Waals surface area contributed by atoms with Gasteiger partial charge in [-0.25, -0.2) is 9.97 Å². The van der Waals surface area contributed by atoms with Crippen LogP contribution in [0.4, 0.5) is 11.5 Å². The molecular formula is C34H37N7O2. The molecule has 4 heterocycles. The number of benzene rings is 3. The van der Waals surface area contributed by atoms with Gasteiger partial charge >= 0.3 is 0 Å². The number of rotatable bonds is 7. The van der Waals surface area contributed by atoms with Gasteiger partial charge in [-0.15, -0.1) is 0 Å². The summed E-state index contributed by atoms with van der Waals surface area (Å²) in [6, 6.07) is 24.1. The molecule has 0 atom stereocenters. The van der Waals surface area contributed by atoms with E-state index in [9.17, 15) is 4.79 Å². The molecule has 2 aromatic heterocycles. The Bertz CT molecular complexity index is 1740. The first-order chi connectivity index (χ1) is 21.1. The molecule has 9 heteroatoms. The van der Waals surface area contributed by atoms with Gasteiger partial charge in [0.15, 0.2) is 0 Å². The minimum Gasteiger partial charge on any atom is -0.378 e. The number of H-pyrrole nitrogens is 1. The van der Waals surface area contributed by atoms with Crippen LogP contribution in [0.3, 0.4) is 0 Å². The Morgan fingerprint density at radius 1 is 0.884 bits per heavy atom. The average Bonchev–Trinajstić information content (AvgIpc) is 3.48. The molecule has 0 bridgehead atoms. The average molecular weight is 576 g/mol. The zero-order chi connectivity index (χ0) is 29.2. The normalized spacial score (nSPS) is 16.6. The number of carbonyl (C=O) groups is 1. The van der Waals surface area contributed by atoms with Crippen LogP contribution in [0, 0.1) is 0 Å². The van der Waals surface area contributed by atoms with E-state index in [0.29, 0.717) is 18.8 Å². The van der Waals surface area contributed by atoms with Crippen molar-refractivity contribution < 1.29 is 9.53 Å². The third kappa shape index (κ3) is 6.10. The van der Waals surface area contributed by atoms with Gasteiger partial charge in [-0.2, -0.15) is 0 Å². The number of fused-ring (bicyclic) bond motifs is 2. The molecule has 0 unspecified atom stereocenters. The minimum absolute atomic E-state index is 0.149. The van der Waals surface area contributed by atoms with Crippen LogP contribution in [0.1, 0.15) is 15.9 Å². The number of likely N-dealkylation sites (N-methyl/N-ethyl adjacent to an activating group) is 1. The van der Waals surface area contributed by atoms with Crippen LogP contribution in [0.2, 0.25) is 0 Å². The number of carbonyl (C=O) groups excluding carboxylic acids is 1. The number of nitrogens with zero attached hydrogens (tertiary/aromatic N) is 5. The number of morpholine rings is 1. The van der Waals surface area contributed by atoms with Crippen molar-refractivity contribution in [1.29, 1.82) is 0 Å². The second kappa shape index (κ2) is 12.1. The van der Waals surface area contributed by atoms with Gasteiger partial charge in [0.1, 0.15) is 11.6 Å². The Morgan fingerprint density at radius 2 is 1.67 bits per heavy atom. The summed E-state index contributed by atoms with van der Waals surface area (Å²) in [6.07, 6.45) is 1.01. The number of amides is 1. The molecule has 220 valence electrons. The van der Waals surface area contributed by atoms with E-state index in [1.807, 2.05) is 48.5 Å². The van der Waals surface area contributed by atoms with E-state index >= 15 is 0 Å². The van der Waals surface area contributed by atoms with Gasteiger partial charge in [-0.1, -0.05) is 30.3 Å². The number of piperazine rings is 1. The first kappa shape index (κ1) is 27.5. The largest absolute Gasteiger partial charge is 0.378 e. The van der Waals surface area contributed by atoms with Crippen molar-refractivity contribution in [2.45, 2.75) is 6.42 Å². The summed E-state index contributed by atoms with van der Waals surface area (Å²) in [5.41, 5.74) is 6.15. The van der Waals surface area contributed by atoms with Gasteiger partial charge < -0.3 is 29.7 Å². The van der Waals surface area contributed by atoms with E-state index in [1.54, 1.807) is 0 Å². The standard InChI is InChI=1S/C34H37N7O2/c1-39-14-16-40(17-15-39)13-12-24-6-9-27(10-7-24)35-34(42)26-8-11-30-31(23-26)37-32(36-30)28-22-25-4-2-3-5-29(25)38-33(28)41-18-20-43-21-19-41/h2-11,22-23H,12-21H2,1H3,(H,35,42)(H,36,37). The number of pyridine rings is 1. The predicted octanol–water partition coefficient (Wildman–Crippen LogP) is 4.66. The summed E-state index contributed by atoms with van der Waals surface area (Å²) in [6.45, 7) is 8.48. The highest BCUT2D eigenvalue weighted by molar-refractivity contribution is 6.06. The molecule has 3 aromatic carbocycles. The minimum atomic E-state index is -0.149. The molecule has 7 rings (SSSR count). The number of hydrogen-bond acceptors (Lipinski definition) is 7. The second-order valence-electron chi connectivity index (χ2n) is 11.5. The second-order valence-corrected chi connectivity index (χ2v) is 11.5. The van der Waals surface area contributed by atoms with Crippen molar-refractivity contribution in [1.82, 2.24) is 24.8 Å². The van der Waals surface area contributed by atoms with Crippen LogP contribution in [0.15, 0.2) is 72.8 Å². The summed E-state index contributed by atoms with van der Waals surface area (Å²) >= 11 is 0. The van der Waals surface area contributed by atoms with Gasteiger partial charge in [0, 0.05) is 62.5 Å². The third-order valence-electron chi connectivity index (χ3n) is 8.54. The Morgan fingerprint density at radius 3 is 2.49 bits per heavy atom. The molecule has 0 radical (unpaired) electrons. The molecule has 43 heavy (non-hydrogen) atoms. The smallest absolute Gasteiger partial charge is 0.255 e. The van der Waals surface area contributed by atoms with Crippen molar-refractivity contribution in [3.63, 3.8) is 0 Å². The molecule has 2 N–H and O–H groups in total. The van der Waals surface area contributed by atoms with Crippen LogP contribution >= 0.6 is 0 Å². The molecule has 0 spiro atoms. The van der Waals surface area contributed by atoms with Crippen LogP contribution in [0.25, 0.3) is 33.3 Å². The fourth-order valence-corrected chi connectivity index (χ4v) is 5.89. The van der Waals surface area contributed by atoms with Crippen molar-refractivity contribution in [3.05, 3.63) is 83.9 Å². The lowest BCUT2D eigenvalue weighted by atomic mass is 10.1. The zero-order valence-electron chi connectivity index (χ0n) is 24.6. The highest BCUT2D eigenvalue weighted by Gasteiger charge is 2.21. The summed E-state index contributed by atoms with van der Waals surface area (Å²) in [7, 11) is 2.18. The van der Waals surface area contributed by atoms with E-state index in [0.717, 1.165) is 97.1 Å². The Labute approximate surface area is 251 Å². The number of anilines is 2. The summed E-state index contributed by atoms with van der Waals surface area (Å²) < 4.78 is 5.59. The molecule has 0 aliphatic carbocycles. The van der Waals surface area contributed by atoms with Crippen molar-refractivity contribution in [2.24, 2.45) is 0 Å². The highest BCUT2D eigenvalue weighted by atomic mass is 16.5. The van der Waals surface area contributed by atoms with Crippen molar-refractivity contribution in [2.75, 3.05) is 76.3 Å². The molecule has 2 fully saturated rings. The number of nitrogens with one attached hydrogen (secondary N) is 2. The fourth-order valence-electron chi connectivity index (χ4n) is 5.89. The van der Waals surface area contributed by atoms with Crippen molar-refractivity contribution >= 4 is 39.3 Å². The maximum atomic E-state index is 13.2. The molecule has 1 amide bonds. The Kier molecular flexibility index (Phi) is 7.76. The SMILES string of the molecule is CN1CCN(CCc2ccc(NC(=O)c3ccc4nc(-c5cc6ccccc6nc5N5CCOCC5)[nH]c4c3)cc2)CC1. The Balaban J connectivity index is 1.07. The van der Waals surface area contributed by atoms with Gasteiger partial charge in [-0.05, 0) is 61.5 Å². The lowest BCUT2D eigenvalue weighted by Crippen LogP contribution is -2.45. The summed E-state index contributed by atoms with van der Waals surface area (Å²) in [4.78, 5) is 33.8. The van der Waals surface area contributed by atoms with Crippen LogP contribution in [-0.4, -0.2) is 96.7 Å². The summed E-state index contributed by atoms with van der Waals surface area (Å²) in [5, 5.41) is 4.11. The zero-order valence-corrected chi connectivity index (χ0v) is 24.6. The summed E-state index contributed by atoms with van der Waals surface area (Å²) in [5.74, 6) is 1.48. The number of para-hydroxylation sites is 1. The van der Waals surface area contributed by atoms with E-state index in [4.69, 9.17) is 14.7 Å². The quantitative estimate of drug-likeness (QED) is 0.292. The molecule has 5 aromatic rings. The first-order valence-electron chi connectivity index (χ1n) is 15.1. The van der Waals surface area contributed by atoms with Crippen LogP contribution in [-0.2, 0) is 11.2 Å². The maximum absolute atomic E-state index is 13.2. The van der Waals surface area contributed by atoms with E-state index < -0.39 is 0 Å². The fraction of sp³-hybridized carbons (Fsp3) is 0.324. The first-order valence-corrected chi connectivity index (χ1v) is 15.1. The number of hydrogen-bond donors (Lipinski definition) is 2. The van der Waals surface area contributed by atoms with Crippen molar-refractivity contribution in [3.8, 4) is 11.4 Å². The Hall–Kier alpha value is -4.31. The molecule has 2 aliphatic rings. The monoisotopic (exact) mass is 575 g/mol. The lowest BCUT2D eigenvalue weighted by Gasteiger charge is -2.32. The maximum Gasteiger partial charge on any atom is 0.255 e. The molecular weight excluding hydrogens is 538 g/mol. The van der Waals surface area contributed by atoms with Gasteiger partial charge in [0.05, 0.1) is 35.3 Å². The topological polar surface area (TPSA) is 89.6 Å². The van der Waals surface area contributed by atoms with Gasteiger partial charge in [0.25, 0.3) is 5.91 Å². The number of aromatic nitrogens is 3. The number of aromatic amines is 1. The van der Waals surface area contributed by atoms with Gasteiger partial charge in [-0.3, -0.25) is 4.79 Å². The molecule has 9 nitrogen and oxygen atoms in total. The van der Waals surface area contributed by atoms with Gasteiger partial charge in [0.2, 0.25) is 0 Å².